The molecule has 0 atom stereocenters. The van der Waals surface area contributed by atoms with Crippen molar-refractivity contribution < 1.29 is 4.79 Å². The van der Waals surface area contributed by atoms with Crippen molar-refractivity contribution in [3.63, 3.8) is 0 Å². The molecule has 0 aromatic heterocycles. The fourth-order valence-electron chi connectivity index (χ4n) is 2.08. The monoisotopic (exact) mass is 321 g/mol. The third kappa shape index (κ3) is 3.28. The van der Waals surface area contributed by atoms with Crippen molar-refractivity contribution in [2.45, 2.75) is 0 Å². The number of carbonyl (C=O) groups is 1. The van der Waals surface area contributed by atoms with Gasteiger partial charge in [-0.1, -0.05) is 5.92 Å². The van der Waals surface area contributed by atoms with Crippen LogP contribution in [-0.4, -0.2) is 48.4 Å². The van der Waals surface area contributed by atoms with E-state index in [1.807, 2.05) is 4.90 Å². The van der Waals surface area contributed by atoms with Crippen molar-refractivity contribution in [3.8, 4) is 12.3 Å². The molecular weight excluding hydrogens is 306 g/mol. The second-order valence-corrected chi connectivity index (χ2v) is 5.36. The normalized spacial score (nSPS) is 16.1. The molecule has 1 aromatic rings. The highest BCUT2D eigenvalue weighted by Gasteiger charge is 2.21. The summed E-state index contributed by atoms with van der Waals surface area (Å²) in [4.78, 5) is 16.4. The van der Waals surface area contributed by atoms with Crippen LogP contribution in [0.2, 0.25) is 0 Å². The van der Waals surface area contributed by atoms with Gasteiger partial charge in [-0.15, -0.1) is 6.42 Å². The highest BCUT2D eigenvalue weighted by Crippen LogP contribution is 2.21. The smallest absolute Gasteiger partial charge is 0.253 e. The molecule has 4 nitrogen and oxygen atoms in total. The minimum absolute atomic E-state index is 0.0426. The minimum atomic E-state index is 0.0426. The van der Waals surface area contributed by atoms with E-state index in [0.29, 0.717) is 30.9 Å². The van der Waals surface area contributed by atoms with Crippen molar-refractivity contribution in [1.82, 2.24) is 9.80 Å². The van der Waals surface area contributed by atoms with Gasteiger partial charge in [-0.05, 0) is 34.1 Å². The Kier molecular flexibility index (Phi) is 4.46. The summed E-state index contributed by atoms with van der Waals surface area (Å²) in [6.45, 7) is 3.72. The van der Waals surface area contributed by atoms with Gasteiger partial charge in [0.05, 0.1) is 6.54 Å². The lowest BCUT2D eigenvalue weighted by Crippen LogP contribution is -2.48. The Balaban J connectivity index is 2.01. The van der Waals surface area contributed by atoms with Crippen LogP contribution in [-0.2, 0) is 0 Å². The second kappa shape index (κ2) is 6.09. The van der Waals surface area contributed by atoms with Gasteiger partial charge in [0.1, 0.15) is 0 Å². The molecule has 1 saturated heterocycles. The summed E-state index contributed by atoms with van der Waals surface area (Å²) in [6, 6.07) is 5.27. The van der Waals surface area contributed by atoms with Crippen LogP contribution < -0.4 is 5.73 Å². The number of nitrogens with two attached hydrogens (primary N) is 1. The fraction of sp³-hybridized carbons (Fsp3) is 0.357. The van der Waals surface area contributed by atoms with Gasteiger partial charge in [-0.25, -0.2) is 0 Å². The molecular formula is C14H16BrN3O. The molecule has 0 radical (unpaired) electrons. The maximum absolute atomic E-state index is 12.3. The first-order valence-corrected chi connectivity index (χ1v) is 6.91. The highest BCUT2D eigenvalue weighted by molar-refractivity contribution is 9.10. The van der Waals surface area contributed by atoms with Crippen LogP contribution in [0.1, 0.15) is 10.4 Å². The first kappa shape index (κ1) is 13.9. The van der Waals surface area contributed by atoms with Crippen LogP contribution in [0.4, 0.5) is 5.69 Å². The molecule has 0 spiro atoms. The van der Waals surface area contributed by atoms with Crippen molar-refractivity contribution in [1.29, 1.82) is 0 Å². The molecule has 1 heterocycles. The molecule has 1 aliphatic rings. The van der Waals surface area contributed by atoms with Gasteiger partial charge in [0.25, 0.3) is 5.91 Å². The summed E-state index contributed by atoms with van der Waals surface area (Å²) < 4.78 is 0.754. The molecule has 0 unspecified atom stereocenters. The standard InChI is InChI=1S/C14H16BrN3O/c1-2-5-17-6-8-18(9-7-17)14(19)11-3-4-13(16)12(15)10-11/h1,3-4,10H,5-9,16H2. The number of nitrogens with zero attached hydrogens (tertiary/aromatic N) is 2. The zero-order valence-electron chi connectivity index (χ0n) is 10.6. The molecule has 5 heteroatoms. The van der Waals surface area contributed by atoms with Crippen molar-refractivity contribution in [2.75, 3.05) is 38.5 Å². The Morgan fingerprint density at radius 3 is 2.63 bits per heavy atom. The fourth-order valence-corrected chi connectivity index (χ4v) is 2.46. The largest absolute Gasteiger partial charge is 0.398 e. The maximum atomic E-state index is 12.3. The molecule has 19 heavy (non-hydrogen) atoms. The van der Waals surface area contributed by atoms with Crippen LogP contribution in [0.3, 0.4) is 0 Å². The third-order valence-electron chi connectivity index (χ3n) is 3.22. The summed E-state index contributed by atoms with van der Waals surface area (Å²) in [5, 5.41) is 0. The Labute approximate surface area is 121 Å². The number of amides is 1. The molecule has 100 valence electrons. The molecule has 1 fully saturated rings. The number of anilines is 1. The number of nitrogen functional groups attached to an aromatic ring is 1. The number of hydrogen-bond donors (Lipinski definition) is 1. The molecule has 0 saturated carbocycles. The number of halogens is 1. The molecule has 0 aliphatic carbocycles. The summed E-state index contributed by atoms with van der Waals surface area (Å²) in [7, 11) is 0. The first-order valence-electron chi connectivity index (χ1n) is 6.12. The van der Waals surface area contributed by atoms with Crippen molar-refractivity contribution >= 4 is 27.5 Å². The number of benzene rings is 1. The average molecular weight is 322 g/mol. The van der Waals surface area contributed by atoms with Gasteiger partial charge in [-0.2, -0.15) is 0 Å². The first-order chi connectivity index (χ1) is 9.11. The SMILES string of the molecule is C#CCN1CCN(C(=O)c2ccc(N)c(Br)c2)CC1. The summed E-state index contributed by atoms with van der Waals surface area (Å²) in [5.74, 6) is 2.67. The zero-order valence-corrected chi connectivity index (χ0v) is 12.2. The Morgan fingerprint density at radius 1 is 1.37 bits per heavy atom. The number of carbonyl (C=O) groups excluding carboxylic acids is 1. The zero-order chi connectivity index (χ0) is 13.8. The van der Waals surface area contributed by atoms with Crippen LogP contribution in [0.5, 0.6) is 0 Å². The summed E-state index contributed by atoms with van der Waals surface area (Å²) in [5.41, 5.74) is 7.02. The number of piperazine rings is 1. The van der Waals surface area contributed by atoms with E-state index in [9.17, 15) is 4.79 Å². The summed E-state index contributed by atoms with van der Waals surface area (Å²) >= 11 is 3.34. The van der Waals surface area contributed by atoms with Crippen LogP contribution in [0.25, 0.3) is 0 Å². The summed E-state index contributed by atoms with van der Waals surface area (Å²) in [6.07, 6.45) is 5.29. The number of rotatable bonds is 2. The molecule has 1 aromatic carbocycles. The van der Waals surface area contributed by atoms with Crippen molar-refractivity contribution in [3.05, 3.63) is 28.2 Å². The van der Waals surface area contributed by atoms with Gasteiger partial charge >= 0.3 is 0 Å². The van der Waals surface area contributed by atoms with Gasteiger partial charge < -0.3 is 10.6 Å². The van der Waals surface area contributed by atoms with Crippen LogP contribution in [0, 0.1) is 12.3 Å². The van der Waals surface area contributed by atoms with Gasteiger partial charge in [0, 0.05) is 41.9 Å². The lowest BCUT2D eigenvalue weighted by atomic mass is 10.1. The number of hydrogen-bond acceptors (Lipinski definition) is 3. The van der Waals surface area contributed by atoms with E-state index in [4.69, 9.17) is 12.2 Å². The lowest BCUT2D eigenvalue weighted by Gasteiger charge is -2.33. The lowest BCUT2D eigenvalue weighted by molar-refractivity contribution is 0.0652. The highest BCUT2D eigenvalue weighted by atomic mass is 79.9. The molecule has 1 aliphatic heterocycles. The van der Waals surface area contributed by atoms with E-state index < -0.39 is 0 Å². The predicted octanol–water partition coefficient (Wildman–Crippen LogP) is 1.42. The third-order valence-corrected chi connectivity index (χ3v) is 3.91. The Morgan fingerprint density at radius 2 is 2.05 bits per heavy atom. The van der Waals surface area contributed by atoms with Crippen molar-refractivity contribution in [2.24, 2.45) is 0 Å². The van der Waals surface area contributed by atoms with E-state index in [0.717, 1.165) is 17.6 Å². The predicted molar refractivity (Wildman–Crippen MR) is 79.7 cm³/mol. The minimum Gasteiger partial charge on any atom is -0.398 e. The van der Waals surface area contributed by atoms with Gasteiger partial charge in [-0.3, -0.25) is 9.69 Å². The van der Waals surface area contributed by atoms with Gasteiger partial charge in [0.15, 0.2) is 0 Å². The molecule has 1 amide bonds. The van der Waals surface area contributed by atoms with Gasteiger partial charge in [0.2, 0.25) is 0 Å². The molecule has 2 N–H and O–H groups in total. The molecule has 0 bridgehead atoms. The topological polar surface area (TPSA) is 49.6 Å². The van der Waals surface area contributed by atoms with E-state index in [1.165, 1.54) is 0 Å². The van der Waals surface area contributed by atoms with Crippen LogP contribution >= 0.6 is 15.9 Å². The van der Waals surface area contributed by atoms with E-state index in [2.05, 4.69) is 26.8 Å². The van der Waals surface area contributed by atoms with E-state index in [-0.39, 0.29) is 5.91 Å². The second-order valence-electron chi connectivity index (χ2n) is 4.51. The molecule has 2 rings (SSSR count). The average Bonchev–Trinajstić information content (AvgIpc) is 2.42. The van der Waals surface area contributed by atoms with Crippen LogP contribution in [0.15, 0.2) is 22.7 Å². The number of terminal acetylenes is 1. The quantitative estimate of drug-likeness (QED) is 0.662. The Hall–Kier alpha value is -1.51. The Bertz CT molecular complexity index is 516. The van der Waals surface area contributed by atoms with E-state index in [1.54, 1.807) is 18.2 Å². The maximum Gasteiger partial charge on any atom is 0.253 e. The van der Waals surface area contributed by atoms with E-state index >= 15 is 0 Å².